The molecular weight excluding hydrogens is 636 g/mol. The van der Waals surface area contributed by atoms with Crippen LogP contribution >= 0.6 is 0 Å². The van der Waals surface area contributed by atoms with Crippen molar-refractivity contribution in [1.82, 2.24) is 20.0 Å². The Morgan fingerprint density at radius 3 is 2.06 bits per heavy atom. The molecule has 0 saturated heterocycles. The van der Waals surface area contributed by atoms with Crippen LogP contribution in [0, 0.1) is 18.6 Å². The molecular formula is C32H33F2N5O7S. The number of anilines is 1. The van der Waals surface area contributed by atoms with Gasteiger partial charge < -0.3 is 15.7 Å². The number of amides is 2. The minimum Gasteiger partial charge on any atom is -0.480 e. The van der Waals surface area contributed by atoms with Crippen molar-refractivity contribution in [3.8, 4) is 5.69 Å². The number of hydrogen-bond acceptors (Lipinski definition) is 6. The lowest BCUT2D eigenvalue weighted by atomic mass is 10.0. The number of hydrogen-bond donors (Lipinski definition) is 4. The lowest BCUT2D eigenvalue weighted by molar-refractivity contribution is -0.139. The summed E-state index contributed by atoms with van der Waals surface area (Å²) in [5.74, 6) is -6.13. The van der Waals surface area contributed by atoms with Crippen molar-refractivity contribution < 1.29 is 36.7 Å². The number of nitrogens with zero attached hydrogens (tertiary/aromatic N) is 2. The van der Waals surface area contributed by atoms with E-state index in [2.05, 4.69) is 15.4 Å². The minimum atomic E-state index is -4.39. The second kappa shape index (κ2) is 13.2. The van der Waals surface area contributed by atoms with E-state index in [4.69, 9.17) is 0 Å². The SMILES string of the molecule is Cc1cc(C(=O)NC(C)(C)C)ccc1S(=O)(=O)Nc1cc(F)c(C(=O)N[C@@H](Cc2ccc(-n3c(=O)ccn3C)cc2)C(=O)O)c(F)c1. The number of nitrogens with one attached hydrogen (secondary N) is 3. The van der Waals surface area contributed by atoms with Crippen LogP contribution in [0.15, 0.2) is 76.6 Å². The molecule has 1 aromatic heterocycles. The maximum absolute atomic E-state index is 15.1. The number of aliphatic carboxylic acids is 1. The molecule has 0 unspecified atom stereocenters. The average Bonchev–Trinajstić information content (AvgIpc) is 3.28. The molecule has 0 spiro atoms. The molecule has 0 aliphatic rings. The summed E-state index contributed by atoms with van der Waals surface area (Å²) in [6.45, 7) is 6.82. The van der Waals surface area contributed by atoms with Crippen molar-refractivity contribution in [2.45, 2.75) is 50.6 Å². The van der Waals surface area contributed by atoms with E-state index in [0.29, 0.717) is 23.4 Å². The van der Waals surface area contributed by atoms with Gasteiger partial charge in [0.2, 0.25) is 0 Å². The predicted octanol–water partition coefficient (Wildman–Crippen LogP) is 3.52. The van der Waals surface area contributed by atoms with Crippen molar-refractivity contribution >= 4 is 33.5 Å². The molecule has 1 atom stereocenters. The highest BCUT2D eigenvalue weighted by Gasteiger charge is 2.27. The molecule has 2 amide bonds. The van der Waals surface area contributed by atoms with Gasteiger partial charge in [0.25, 0.3) is 27.4 Å². The number of carbonyl (C=O) groups is 3. The average molecular weight is 670 g/mol. The fraction of sp³-hybridized carbons (Fsp3) is 0.250. The highest BCUT2D eigenvalue weighted by Crippen LogP contribution is 2.24. The molecule has 0 fully saturated rings. The number of sulfonamides is 1. The summed E-state index contributed by atoms with van der Waals surface area (Å²) in [5.41, 5.74) is -1.07. The molecule has 4 rings (SSSR count). The Kier molecular flexibility index (Phi) is 9.71. The smallest absolute Gasteiger partial charge is 0.326 e. The molecule has 0 bridgehead atoms. The highest BCUT2D eigenvalue weighted by molar-refractivity contribution is 7.92. The van der Waals surface area contributed by atoms with E-state index in [-0.39, 0.29) is 28.0 Å². The van der Waals surface area contributed by atoms with Crippen molar-refractivity contribution in [3.63, 3.8) is 0 Å². The fourth-order valence-electron chi connectivity index (χ4n) is 4.78. The Morgan fingerprint density at radius 2 is 1.55 bits per heavy atom. The molecule has 1 heterocycles. The van der Waals surface area contributed by atoms with Gasteiger partial charge in [0.15, 0.2) is 0 Å². The summed E-state index contributed by atoms with van der Waals surface area (Å²) < 4.78 is 61.3. The highest BCUT2D eigenvalue weighted by atomic mass is 32.2. The zero-order chi connectivity index (χ0) is 34.8. The van der Waals surface area contributed by atoms with Gasteiger partial charge in [0.05, 0.1) is 16.3 Å². The zero-order valence-electron chi connectivity index (χ0n) is 26.1. The monoisotopic (exact) mass is 669 g/mol. The second-order valence-corrected chi connectivity index (χ2v) is 13.5. The number of carbonyl (C=O) groups excluding carboxylic acids is 2. The van der Waals surface area contributed by atoms with E-state index in [1.807, 2.05) is 0 Å². The Balaban J connectivity index is 1.49. The standard InChI is InChI=1S/C32H33F2N5O7S/c1-18-14-20(29(41)36-32(2,3)4)8-11-26(18)47(45,46)37-21-16-23(33)28(24(34)17-21)30(42)35-25(31(43)44)15-19-6-9-22(10-7-19)39-27(40)12-13-38(39)5/h6-14,16-17,25,37H,15H2,1-5H3,(H,35,42)(H,36,41)(H,43,44)/t25-/m0/s1. The van der Waals surface area contributed by atoms with Crippen LogP contribution < -0.4 is 20.9 Å². The van der Waals surface area contributed by atoms with Crippen LogP contribution in [0.3, 0.4) is 0 Å². The lowest BCUT2D eigenvalue weighted by Crippen LogP contribution is -2.43. The van der Waals surface area contributed by atoms with E-state index >= 15 is 8.78 Å². The van der Waals surface area contributed by atoms with Crippen LogP contribution in [-0.4, -0.2) is 52.3 Å². The molecule has 47 heavy (non-hydrogen) atoms. The molecule has 248 valence electrons. The molecule has 0 aliphatic heterocycles. The zero-order valence-corrected chi connectivity index (χ0v) is 26.9. The predicted molar refractivity (Wildman–Crippen MR) is 169 cm³/mol. The quantitative estimate of drug-likeness (QED) is 0.200. The van der Waals surface area contributed by atoms with Gasteiger partial charge in [0.1, 0.15) is 23.2 Å². The van der Waals surface area contributed by atoms with E-state index in [0.717, 1.165) is 0 Å². The lowest BCUT2D eigenvalue weighted by Gasteiger charge is -2.21. The van der Waals surface area contributed by atoms with E-state index < -0.39 is 62.3 Å². The third kappa shape index (κ3) is 8.10. The third-order valence-corrected chi connectivity index (χ3v) is 8.46. The number of benzene rings is 3. The van der Waals surface area contributed by atoms with Gasteiger partial charge in [-0.3, -0.25) is 23.8 Å². The molecule has 12 nitrogen and oxygen atoms in total. The number of aromatic nitrogens is 2. The fourth-order valence-corrected chi connectivity index (χ4v) is 6.05. The number of aryl methyl sites for hydroxylation is 2. The first-order valence-electron chi connectivity index (χ1n) is 14.2. The molecule has 0 aliphatic carbocycles. The third-order valence-electron chi connectivity index (χ3n) is 6.92. The van der Waals surface area contributed by atoms with Crippen LogP contribution in [0.4, 0.5) is 14.5 Å². The number of carboxylic acids is 1. The minimum absolute atomic E-state index is 0.194. The summed E-state index contributed by atoms with van der Waals surface area (Å²) in [5, 5.41) is 14.6. The molecule has 4 aromatic rings. The van der Waals surface area contributed by atoms with Crippen molar-refractivity contribution in [3.05, 3.63) is 111 Å². The first kappa shape index (κ1) is 34.6. The van der Waals surface area contributed by atoms with Crippen LogP contribution in [0.2, 0.25) is 0 Å². The Morgan fingerprint density at radius 1 is 0.936 bits per heavy atom. The summed E-state index contributed by atoms with van der Waals surface area (Å²) in [4.78, 5) is 49.0. The first-order chi connectivity index (χ1) is 21.9. The number of halogens is 2. The van der Waals surface area contributed by atoms with Gasteiger partial charge in [-0.15, -0.1) is 0 Å². The summed E-state index contributed by atoms with van der Waals surface area (Å²) >= 11 is 0. The van der Waals surface area contributed by atoms with Crippen LogP contribution in [0.1, 0.15) is 52.6 Å². The number of carboxylic acid groups (broad SMARTS) is 1. The van der Waals surface area contributed by atoms with Crippen molar-refractivity contribution in [1.29, 1.82) is 0 Å². The van der Waals surface area contributed by atoms with E-state index in [1.165, 1.54) is 35.9 Å². The largest absolute Gasteiger partial charge is 0.480 e. The topological polar surface area (TPSA) is 169 Å². The van der Waals surface area contributed by atoms with Gasteiger partial charge >= 0.3 is 5.97 Å². The summed E-state index contributed by atoms with van der Waals surface area (Å²) in [6.07, 6.45) is 1.32. The van der Waals surface area contributed by atoms with Crippen LogP contribution in [-0.2, 0) is 28.3 Å². The van der Waals surface area contributed by atoms with E-state index in [1.54, 1.807) is 63.0 Å². The normalized spacial score (nSPS) is 12.3. The van der Waals surface area contributed by atoms with Gasteiger partial charge in [0, 0.05) is 36.8 Å². The van der Waals surface area contributed by atoms with Gasteiger partial charge in [-0.05, 0) is 81.3 Å². The first-order valence-corrected chi connectivity index (χ1v) is 15.7. The summed E-state index contributed by atoms with van der Waals surface area (Å²) in [7, 11) is -2.72. The molecule has 15 heteroatoms. The maximum Gasteiger partial charge on any atom is 0.326 e. The maximum atomic E-state index is 15.1. The second-order valence-electron chi connectivity index (χ2n) is 11.9. The molecule has 3 aromatic carbocycles. The van der Waals surface area contributed by atoms with Gasteiger partial charge in [-0.25, -0.2) is 26.7 Å². The van der Waals surface area contributed by atoms with Gasteiger partial charge in [-0.2, -0.15) is 0 Å². The van der Waals surface area contributed by atoms with Crippen LogP contribution in [0.5, 0.6) is 0 Å². The summed E-state index contributed by atoms with van der Waals surface area (Å²) in [6, 6.07) is 11.1. The Labute approximate surface area is 269 Å². The Hall–Kier alpha value is -5.31. The molecule has 4 N–H and O–H groups in total. The number of rotatable bonds is 10. The van der Waals surface area contributed by atoms with Crippen molar-refractivity contribution in [2.75, 3.05) is 4.72 Å². The van der Waals surface area contributed by atoms with Crippen molar-refractivity contribution in [2.24, 2.45) is 7.05 Å². The molecule has 0 radical (unpaired) electrons. The van der Waals surface area contributed by atoms with Gasteiger partial charge in [-0.1, -0.05) is 12.1 Å². The van der Waals surface area contributed by atoms with Crippen LogP contribution in [0.25, 0.3) is 5.69 Å². The molecule has 0 saturated carbocycles. The Bertz CT molecular complexity index is 2010. The van der Waals surface area contributed by atoms with E-state index in [9.17, 15) is 32.7 Å².